The summed E-state index contributed by atoms with van der Waals surface area (Å²) in [4.78, 5) is 67.4. The number of hydrogen-bond acceptors (Lipinski definition) is 18. The summed E-state index contributed by atoms with van der Waals surface area (Å²) in [6, 6.07) is 3.94. The molecular weight excluding hydrogens is 743 g/mol. The Hall–Kier alpha value is -5.49. The van der Waals surface area contributed by atoms with Gasteiger partial charge >= 0.3 is 16.4 Å². The van der Waals surface area contributed by atoms with Crippen LogP contribution in [0.15, 0.2) is 41.1 Å². The zero-order valence-corrected chi connectivity index (χ0v) is 29.9. The number of thiazole rings is 1. The maximum absolute atomic E-state index is 13.5. The number of aryl methyl sites for hydroxylation is 1. The first-order valence-electron chi connectivity index (χ1n) is 15.7. The number of carboxylic acid groups (broad SMARTS) is 1. The monoisotopic (exact) mass is 777 g/mol. The number of carbonyl (C=O) groups is 4. The number of amides is 2. The van der Waals surface area contributed by atoms with Gasteiger partial charge in [-0.1, -0.05) is 11.2 Å². The van der Waals surface area contributed by atoms with Gasteiger partial charge in [0.25, 0.3) is 23.9 Å². The maximum Gasteiger partial charge on any atom is 0.418 e. The van der Waals surface area contributed by atoms with Gasteiger partial charge in [0, 0.05) is 36.3 Å². The largest absolute Gasteiger partial charge is 0.485 e. The molecule has 21 nitrogen and oxygen atoms in total. The number of nitrogen functional groups attached to an aromatic ring is 1. The van der Waals surface area contributed by atoms with E-state index in [1.165, 1.54) is 26.2 Å². The number of anilines is 2. The number of oxime groups is 1. The Labute approximate surface area is 305 Å². The Morgan fingerprint density at radius 2 is 2.00 bits per heavy atom. The van der Waals surface area contributed by atoms with Crippen LogP contribution in [0.4, 0.5) is 11.1 Å². The van der Waals surface area contributed by atoms with Gasteiger partial charge in [0.1, 0.15) is 17.5 Å². The molecule has 0 saturated carbocycles. The summed E-state index contributed by atoms with van der Waals surface area (Å²) in [5.41, 5.74) is 9.40. The molecule has 1 aromatic carbocycles. The third-order valence-corrected chi connectivity index (χ3v) is 9.41. The van der Waals surface area contributed by atoms with Crippen molar-refractivity contribution in [3.63, 3.8) is 0 Å². The van der Waals surface area contributed by atoms with E-state index in [0.717, 1.165) is 22.5 Å². The van der Waals surface area contributed by atoms with E-state index in [9.17, 15) is 32.7 Å². The molecule has 2 aromatic heterocycles. The summed E-state index contributed by atoms with van der Waals surface area (Å²) in [5.74, 6) is -2.76. The van der Waals surface area contributed by atoms with E-state index in [1.54, 1.807) is 24.5 Å². The lowest BCUT2D eigenvalue weighted by Crippen LogP contribution is -2.76. The number of hydrogen-bond donors (Lipinski definition) is 6. The number of hydroxylamine groups is 2. The minimum atomic E-state index is -5.04. The minimum absolute atomic E-state index is 0.0446. The molecule has 5 rings (SSSR count). The van der Waals surface area contributed by atoms with E-state index < -0.39 is 63.4 Å². The number of aliphatic carboxylic acids is 1. The molecule has 8 N–H and O–H groups in total. The lowest BCUT2D eigenvalue weighted by molar-refractivity contribution is -0.218. The van der Waals surface area contributed by atoms with Crippen LogP contribution < -0.4 is 26.8 Å². The van der Waals surface area contributed by atoms with Crippen molar-refractivity contribution in [3.8, 4) is 16.9 Å². The van der Waals surface area contributed by atoms with Crippen LogP contribution in [0.5, 0.6) is 5.75 Å². The van der Waals surface area contributed by atoms with Crippen LogP contribution >= 0.6 is 11.3 Å². The Kier molecular flexibility index (Phi) is 11.1. The molecule has 284 valence electrons. The summed E-state index contributed by atoms with van der Waals surface area (Å²) < 4.78 is 46.4. The molecule has 0 spiro atoms. The highest BCUT2D eigenvalue weighted by Crippen LogP contribution is 2.37. The van der Waals surface area contributed by atoms with Crippen molar-refractivity contribution >= 4 is 62.8 Å². The fraction of sp³-hybridized carbons (Fsp3) is 0.400. The van der Waals surface area contributed by atoms with Gasteiger partial charge in [-0.3, -0.25) is 24.7 Å². The Morgan fingerprint density at radius 3 is 2.60 bits per heavy atom. The summed E-state index contributed by atoms with van der Waals surface area (Å²) in [6.45, 7) is 4.61. The molecule has 1 saturated heterocycles. The number of carbonyl (C=O) groups excluding carboxylic acids is 3. The fourth-order valence-corrected chi connectivity index (χ4v) is 6.39. The van der Waals surface area contributed by atoms with Gasteiger partial charge in [0.2, 0.25) is 5.95 Å². The van der Waals surface area contributed by atoms with Crippen molar-refractivity contribution in [2.24, 2.45) is 10.9 Å². The number of nitrogens with zero attached hydrogens (tertiary/aromatic N) is 5. The number of ether oxygens (including phenoxy) is 2. The van der Waals surface area contributed by atoms with Crippen molar-refractivity contribution in [1.82, 2.24) is 25.3 Å². The fourth-order valence-electron chi connectivity index (χ4n) is 5.39. The van der Waals surface area contributed by atoms with E-state index in [2.05, 4.69) is 39.8 Å². The molecule has 0 bridgehead atoms. The van der Waals surface area contributed by atoms with E-state index in [4.69, 9.17) is 25.6 Å². The number of nitrogens with one attached hydrogen (secondary N) is 2. The SMILES string of the molecule is CC1(C)[C@H](NC(=O)/C(=N\O[C@](C)(C(=O)O)[C@H]2CCc3cc(-c4cnc(NCC[C@@H](N)OC=O)nc4)ccc3O2)c2csc(N)n2)C(=O)N1OS(=O)(=O)O. The van der Waals surface area contributed by atoms with Crippen LogP contribution in [0.2, 0.25) is 0 Å². The number of benzene rings is 1. The molecule has 2 amide bonds. The molecule has 23 heteroatoms. The van der Waals surface area contributed by atoms with Crippen molar-refractivity contribution in [2.75, 3.05) is 17.6 Å². The van der Waals surface area contributed by atoms with Gasteiger partial charge in [0.15, 0.2) is 23.2 Å². The Bertz CT molecular complexity index is 2030. The molecule has 4 atom stereocenters. The van der Waals surface area contributed by atoms with Crippen LogP contribution in [-0.4, -0.2) is 104 Å². The topological polar surface area (TPSA) is 310 Å². The van der Waals surface area contributed by atoms with Crippen LogP contribution in [0.3, 0.4) is 0 Å². The highest BCUT2D eigenvalue weighted by Gasteiger charge is 2.58. The second-order valence-corrected chi connectivity index (χ2v) is 14.4. The molecule has 0 radical (unpaired) electrons. The predicted octanol–water partition coefficient (Wildman–Crippen LogP) is 0.240. The number of rotatable bonds is 16. The third kappa shape index (κ3) is 8.60. The average Bonchev–Trinajstić information content (AvgIpc) is 3.54. The molecule has 3 aromatic rings. The van der Waals surface area contributed by atoms with Crippen molar-refractivity contribution in [3.05, 3.63) is 47.2 Å². The minimum Gasteiger partial charge on any atom is -0.485 e. The number of carboxylic acids is 1. The number of fused-ring (bicyclic) bond motifs is 1. The summed E-state index contributed by atoms with van der Waals surface area (Å²) in [6.07, 6.45) is 2.30. The zero-order valence-electron chi connectivity index (χ0n) is 28.3. The van der Waals surface area contributed by atoms with Crippen LogP contribution in [0.1, 0.15) is 44.9 Å². The van der Waals surface area contributed by atoms with Gasteiger partial charge in [-0.15, -0.1) is 15.6 Å². The molecule has 0 unspecified atom stereocenters. The van der Waals surface area contributed by atoms with Gasteiger partial charge in [-0.25, -0.2) is 19.7 Å². The third-order valence-electron chi connectivity index (χ3n) is 8.40. The molecule has 2 aliphatic heterocycles. The van der Waals surface area contributed by atoms with Crippen LogP contribution in [0.25, 0.3) is 11.1 Å². The van der Waals surface area contributed by atoms with E-state index in [1.807, 2.05) is 6.07 Å². The average molecular weight is 778 g/mol. The highest BCUT2D eigenvalue weighted by molar-refractivity contribution is 7.80. The summed E-state index contributed by atoms with van der Waals surface area (Å²) in [7, 11) is -5.04. The number of aromatic nitrogens is 3. The number of nitrogens with two attached hydrogens (primary N) is 2. The first kappa shape index (κ1) is 38.7. The summed E-state index contributed by atoms with van der Waals surface area (Å²) >= 11 is 0.952. The number of β-lactam (4-membered cyclic amide) rings is 1. The van der Waals surface area contributed by atoms with Gasteiger partial charge in [-0.2, -0.15) is 13.5 Å². The highest BCUT2D eigenvalue weighted by atomic mass is 32.3. The lowest BCUT2D eigenvalue weighted by Gasteiger charge is -2.50. The maximum atomic E-state index is 13.5. The molecule has 4 heterocycles. The van der Waals surface area contributed by atoms with Gasteiger partial charge in [-0.05, 0) is 56.9 Å². The van der Waals surface area contributed by atoms with E-state index in [-0.39, 0.29) is 23.7 Å². The van der Waals surface area contributed by atoms with Crippen molar-refractivity contribution in [2.45, 2.75) is 69.5 Å². The first-order valence-corrected chi connectivity index (χ1v) is 17.9. The predicted molar refractivity (Wildman–Crippen MR) is 184 cm³/mol. The molecular formula is C30H35N9O12S2. The zero-order chi connectivity index (χ0) is 38.7. The standard InChI is InChI=1S/C30H35N9O12S2/c1-29(2)23(25(42)39(29)51-53(45,46)47)37-24(41)22(18-13-52-27(32)36-18)38-50-30(3,26(43)44)20-7-5-16-10-15(4-6-19(16)49-20)17-11-34-28(35-12-17)33-9-8-21(31)48-14-40/h4,6,10-14,20-21,23H,5,7-9,31H2,1-3H3,(H2,32,36)(H,37,41)(H,43,44)(H,33,34,35)(H,45,46,47)/b38-22-/t20-,21+,23-,30+/m1/s1. The second-order valence-electron chi connectivity index (χ2n) is 12.5. The molecule has 0 aliphatic carbocycles. The van der Waals surface area contributed by atoms with E-state index in [0.29, 0.717) is 41.7 Å². The Balaban J connectivity index is 1.30. The quantitative estimate of drug-likeness (QED) is 0.0283. The molecule has 1 fully saturated rings. The normalized spacial score (nSPS) is 19.8. The second kappa shape index (κ2) is 15.2. The van der Waals surface area contributed by atoms with Crippen molar-refractivity contribution < 1.29 is 55.9 Å². The van der Waals surface area contributed by atoms with Crippen molar-refractivity contribution in [1.29, 1.82) is 0 Å². The smallest absolute Gasteiger partial charge is 0.418 e. The van der Waals surface area contributed by atoms with Gasteiger partial charge < -0.3 is 35.8 Å². The first-order chi connectivity index (χ1) is 24.9. The van der Waals surface area contributed by atoms with Crippen LogP contribution in [-0.2, 0) is 49.9 Å². The van der Waals surface area contributed by atoms with Crippen LogP contribution in [0, 0.1) is 0 Å². The summed E-state index contributed by atoms with van der Waals surface area (Å²) in [5, 5.41) is 21.4. The van der Waals surface area contributed by atoms with Gasteiger partial charge in [0.05, 0.1) is 5.54 Å². The molecule has 2 aliphatic rings. The van der Waals surface area contributed by atoms with E-state index >= 15 is 0 Å². The molecule has 53 heavy (non-hydrogen) atoms. The Morgan fingerprint density at radius 1 is 1.28 bits per heavy atom. The lowest BCUT2D eigenvalue weighted by atomic mass is 9.84.